The monoisotopic (exact) mass is 486 g/mol. The quantitative estimate of drug-likeness (QED) is 0.602. The predicted octanol–water partition coefficient (Wildman–Crippen LogP) is 3.67. The standard InChI is InChI=1S/C25H27FN2O5S/c1-4-33-23(29)16-19-11-12-25(21-15-18(26)7-10-22(21)27(3)24(25)30)13-14-28(19)34(31,32)20-8-5-17(2)6-9-20/h5-11,15H,4,12-14,16H2,1-3H3. The van der Waals surface area contributed by atoms with E-state index in [-0.39, 0.29) is 48.9 Å². The van der Waals surface area contributed by atoms with Crippen LogP contribution in [0.1, 0.15) is 37.3 Å². The third kappa shape index (κ3) is 3.98. The minimum absolute atomic E-state index is 0.0447. The van der Waals surface area contributed by atoms with Crippen molar-refractivity contribution < 1.29 is 27.1 Å². The summed E-state index contributed by atoms with van der Waals surface area (Å²) in [7, 11) is -2.39. The van der Waals surface area contributed by atoms with Gasteiger partial charge in [-0.2, -0.15) is 0 Å². The highest BCUT2D eigenvalue weighted by Crippen LogP contribution is 2.48. The van der Waals surface area contributed by atoms with Gasteiger partial charge in [0, 0.05) is 25.0 Å². The average Bonchev–Trinajstić information content (AvgIpc) is 2.92. The number of anilines is 1. The molecule has 2 heterocycles. The molecule has 180 valence electrons. The molecule has 2 aromatic carbocycles. The van der Waals surface area contributed by atoms with Crippen LogP contribution < -0.4 is 4.90 Å². The molecule has 0 fully saturated rings. The maximum atomic E-state index is 14.2. The van der Waals surface area contributed by atoms with Crippen molar-refractivity contribution in [1.82, 2.24) is 4.31 Å². The molecule has 0 bridgehead atoms. The lowest BCUT2D eigenvalue weighted by Gasteiger charge is -2.28. The van der Waals surface area contributed by atoms with Gasteiger partial charge < -0.3 is 9.64 Å². The number of carbonyl (C=O) groups is 2. The van der Waals surface area contributed by atoms with E-state index in [4.69, 9.17) is 4.74 Å². The summed E-state index contributed by atoms with van der Waals surface area (Å²) in [6.45, 7) is 3.65. The molecule has 2 aliphatic rings. The molecule has 0 radical (unpaired) electrons. The van der Waals surface area contributed by atoms with Gasteiger partial charge in [0.05, 0.1) is 23.3 Å². The number of hydrogen-bond donors (Lipinski definition) is 0. The average molecular weight is 487 g/mol. The first-order valence-corrected chi connectivity index (χ1v) is 12.6. The summed E-state index contributed by atoms with van der Waals surface area (Å²) in [6, 6.07) is 10.7. The van der Waals surface area contributed by atoms with Crippen LogP contribution in [-0.2, 0) is 29.8 Å². The third-order valence-electron chi connectivity index (χ3n) is 6.54. The number of halogens is 1. The van der Waals surface area contributed by atoms with Crippen molar-refractivity contribution >= 4 is 27.6 Å². The van der Waals surface area contributed by atoms with E-state index in [9.17, 15) is 22.4 Å². The Balaban J connectivity index is 1.80. The lowest BCUT2D eigenvalue weighted by atomic mass is 9.76. The number of sulfonamides is 1. The Labute approximate surface area is 198 Å². The molecule has 2 aliphatic heterocycles. The summed E-state index contributed by atoms with van der Waals surface area (Å²) < 4.78 is 47.7. The van der Waals surface area contributed by atoms with E-state index >= 15 is 0 Å². The Morgan fingerprint density at radius 1 is 1.18 bits per heavy atom. The van der Waals surface area contributed by atoms with Crippen LogP contribution in [-0.4, -0.2) is 44.8 Å². The zero-order valence-electron chi connectivity index (χ0n) is 19.4. The summed E-state index contributed by atoms with van der Waals surface area (Å²) in [6.07, 6.45) is 1.64. The van der Waals surface area contributed by atoms with Crippen LogP contribution >= 0.6 is 0 Å². The molecular weight excluding hydrogens is 459 g/mol. The predicted molar refractivity (Wildman–Crippen MR) is 125 cm³/mol. The summed E-state index contributed by atoms with van der Waals surface area (Å²) in [4.78, 5) is 27.3. The number of benzene rings is 2. The number of rotatable bonds is 5. The Hall–Kier alpha value is -3.20. The van der Waals surface area contributed by atoms with Crippen molar-refractivity contribution in [2.75, 3.05) is 25.1 Å². The van der Waals surface area contributed by atoms with Gasteiger partial charge in [0.15, 0.2) is 0 Å². The third-order valence-corrected chi connectivity index (χ3v) is 8.40. The second-order valence-corrected chi connectivity index (χ2v) is 10.5. The molecule has 34 heavy (non-hydrogen) atoms. The van der Waals surface area contributed by atoms with Gasteiger partial charge in [0.2, 0.25) is 5.91 Å². The van der Waals surface area contributed by atoms with E-state index in [0.29, 0.717) is 11.3 Å². The Bertz CT molecular complexity index is 1270. The molecule has 2 aromatic rings. The van der Waals surface area contributed by atoms with Gasteiger partial charge in [0.1, 0.15) is 5.82 Å². The smallest absolute Gasteiger partial charge is 0.311 e. The number of likely N-dealkylation sites (N-methyl/N-ethyl adjacent to an activating group) is 1. The molecule has 0 N–H and O–H groups in total. The number of esters is 1. The Morgan fingerprint density at radius 3 is 2.56 bits per heavy atom. The SMILES string of the molecule is CCOC(=O)CC1=CCC2(CCN1S(=O)(=O)c1ccc(C)cc1)C(=O)N(C)c1ccc(F)cc12. The fourth-order valence-electron chi connectivity index (χ4n) is 4.73. The number of aryl methyl sites for hydroxylation is 1. The van der Waals surface area contributed by atoms with Gasteiger partial charge in [-0.1, -0.05) is 23.8 Å². The first kappa shape index (κ1) is 23.9. The van der Waals surface area contributed by atoms with E-state index in [2.05, 4.69) is 0 Å². The highest BCUT2D eigenvalue weighted by Gasteiger charge is 2.51. The number of amides is 1. The number of fused-ring (bicyclic) bond motifs is 2. The number of allylic oxidation sites excluding steroid dienone is 1. The van der Waals surface area contributed by atoms with Crippen molar-refractivity contribution in [3.8, 4) is 0 Å². The van der Waals surface area contributed by atoms with Crippen LogP contribution in [0.4, 0.5) is 10.1 Å². The highest BCUT2D eigenvalue weighted by atomic mass is 32.2. The highest BCUT2D eigenvalue weighted by molar-refractivity contribution is 7.89. The summed E-state index contributed by atoms with van der Waals surface area (Å²) in [5, 5.41) is 0. The van der Waals surface area contributed by atoms with Crippen molar-refractivity contribution in [3.63, 3.8) is 0 Å². The molecule has 9 heteroatoms. The number of carbonyl (C=O) groups excluding carboxylic acids is 2. The van der Waals surface area contributed by atoms with Gasteiger partial charge in [0.25, 0.3) is 10.0 Å². The normalized spacial score (nSPS) is 20.2. The lowest BCUT2D eigenvalue weighted by molar-refractivity contribution is -0.142. The first-order chi connectivity index (χ1) is 16.1. The zero-order chi connectivity index (χ0) is 24.7. The molecular formula is C25H27FN2O5S. The lowest BCUT2D eigenvalue weighted by Crippen LogP contribution is -2.40. The minimum atomic E-state index is -4.02. The summed E-state index contributed by atoms with van der Waals surface area (Å²) in [5.41, 5.74) is 1.16. The second-order valence-electron chi connectivity index (χ2n) is 8.63. The van der Waals surface area contributed by atoms with Gasteiger partial charge in [-0.3, -0.25) is 13.9 Å². The number of nitrogens with zero attached hydrogens (tertiary/aromatic N) is 2. The summed E-state index contributed by atoms with van der Waals surface area (Å²) >= 11 is 0. The second kappa shape index (κ2) is 8.87. The van der Waals surface area contributed by atoms with Gasteiger partial charge in [-0.25, -0.2) is 12.8 Å². The molecule has 1 atom stereocenters. The fourth-order valence-corrected chi connectivity index (χ4v) is 6.25. The van der Waals surface area contributed by atoms with E-state index in [0.717, 1.165) is 5.56 Å². The van der Waals surface area contributed by atoms with E-state index in [1.807, 2.05) is 6.92 Å². The van der Waals surface area contributed by atoms with Crippen molar-refractivity contribution in [2.24, 2.45) is 0 Å². The van der Waals surface area contributed by atoms with Crippen molar-refractivity contribution in [3.05, 3.63) is 71.2 Å². The molecule has 1 unspecified atom stereocenters. The maximum Gasteiger partial charge on any atom is 0.311 e. The van der Waals surface area contributed by atoms with Gasteiger partial charge in [-0.15, -0.1) is 0 Å². The molecule has 1 spiro atoms. The van der Waals surface area contributed by atoms with Crippen LogP contribution in [0.5, 0.6) is 0 Å². The molecule has 0 aliphatic carbocycles. The Kier molecular flexibility index (Phi) is 6.24. The van der Waals surface area contributed by atoms with Gasteiger partial charge in [-0.05, 0) is 62.6 Å². The Morgan fingerprint density at radius 2 is 1.88 bits per heavy atom. The zero-order valence-corrected chi connectivity index (χ0v) is 20.2. The van der Waals surface area contributed by atoms with Crippen molar-refractivity contribution in [1.29, 1.82) is 0 Å². The topological polar surface area (TPSA) is 84.0 Å². The molecule has 0 saturated heterocycles. The molecule has 7 nitrogen and oxygen atoms in total. The van der Waals surface area contributed by atoms with Gasteiger partial charge >= 0.3 is 5.97 Å². The molecule has 0 aromatic heterocycles. The van der Waals surface area contributed by atoms with Crippen molar-refractivity contribution in [2.45, 2.75) is 43.4 Å². The molecule has 1 amide bonds. The van der Waals surface area contributed by atoms with Crippen LogP contribution in [0.2, 0.25) is 0 Å². The van der Waals surface area contributed by atoms with E-state index in [1.54, 1.807) is 38.2 Å². The largest absolute Gasteiger partial charge is 0.466 e. The molecule has 0 saturated carbocycles. The van der Waals surface area contributed by atoms with E-state index < -0.39 is 27.2 Å². The van der Waals surface area contributed by atoms with Crippen LogP contribution in [0.3, 0.4) is 0 Å². The van der Waals surface area contributed by atoms with Crippen LogP contribution in [0.25, 0.3) is 0 Å². The number of ether oxygens (including phenoxy) is 1. The minimum Gasteiger partial charge on any atom is -0.466 e. The first-order valence-electron chi connectivity index (χ1n) is 11.1. The van der Waals surface area contributed by atoms with Crippen LogP contribution in [0.15, 0.2) is 59.1 Å². The van der Waals surface area contributed by atoms with Crippen LogP contribution in [0, 0.1) is 12.7 Å². The maximum absolute atomic E-state index is 14.2. The fraction of sp³-hybridized carbons (Fsp3) is 0.360. The number of hydrogen-bond acceptors (Lipinski definition) is 5. The summed E-state index contributed by atoms with van der Waals surface area (Å²) in [5.74, 6) is -1.25. The van der Waals surface area contributed by atoms with E-state index in [1.165, 1.54) is 33.5 Å². The molecule has 4 rings (SSSR count).